The highest BCUT2D eigenvalue weighted by molar-refractivity contribution is 5.80. The molecule has 12 heteroatoms. The Bertz CT molecular complexity index is 1070. The van der Waals surface area contributed by atoms with Gasteiger partial charge in [0.15, 0.2) is 11.5 Å². The van der Waals surface area contributed by atoms with E-state index >= 15 is 0 Å². The maximum Gasteiger partial charge on any atom is 0.514 e. The molecule has 0 aliphatic heterocycles. The number of hydrogen-bond acceptors (Lipinski definition) is 11. The van der Waals surface area contributed by atoms with Crippen LogP contribution in [0.25, 0.3) is 0 Å². The zero-order chi connectivity index (χ0) is 32.8. The van der Waals surface area contributed by atoms with Crippen molar-refractivity contribution in [3.8, 4) is 11.5 Å². The smallest absolute Gasteiger partial charge is 0.477 e. The van der Waals surface area contributed by atoms with Gasteiger partial charge in [0.25, 0.3) is 5.72 Å². The number of carbonyl (C=O) groups is 4. The molecule has 12 nitrogen and oxygen atoms in total. The number of nitrogens with one attached hydrogen (secondary N) is 1. The monoisotopic (exact) mass is 611 g/mol. The molecule has 0 amide bonds. The summed E-state index contributed by atoms with van der Waals surface area (Å²) in [5, 5.41) is 13.2. The van der Waals surface area contributed by atoms with Gasteiger partial charge in [-0.1, -0.05) is 46.6 Å². The summed E-state index contributed by atoms with van der Waals surface area (Å²) >= 11 is 0. The number of rotatable bonds is 17. The van der Waals surface area contributed by atoms with Gasteiger partial charge in [0.1, 0.15) is 17.8 Å². The molecule has 0 fully saturated rings. The van der Waals surface area contributed by atoms with Crippen molar-refractivity contribution in [1.82, 2.24) is 5.32 Å². The number of carboxylic acid groups (broad SMARTS) is 1. The first-order valence-electron chi connectivity index (χ1n) is 14.9. The summed E-state index contributed by atoms with van der Waals surface area (Å²) in [7, 11) is 0. The number of ether oxygens (including phenoxy) is 6. The Morgan fingerprint density at radius 1 is 0.814 bits per heavy atom. The third kappa shape index (κ3) is 13.1. The van der Waals surface area contributed by atoms with Crippen LogP contribution in [0.4, 0.5) is 14.4 Å². The molecule has 1 aromatic rings. The van der Waals surface area contributed by atoms with E-state index < -0.39 is 54.4 Å². The minimum absolute atomic E-state index is 0.154. The molecule has 1 aromatic carbocycles. The zero-order valence-electron chi connectivity index (χ0n) is 26.9. The quantitative estimate of drug-likeness (QED) is 0.0795. The molecular formula is C31H49NO11. The molecular weight excluding hydrogens is 562 g/mol. The summed E-state index contributed by atoms with van der Waals surface area (Å²) < 4.78 is 32.1. The van der Waals surface area contributed by atoms with Crippen LogP contribution in [-0.2, 0) is 30.2 Å². The second-order valence-corrected chi connectivity index (χ2v) is 11.2. The Balaban J connectivity index is 3.48. The van der Waals surface area contributed by atoms with E-state index in [0.717, 1.165) is 12.8 Å². The van der Waals surface area contributed by atoms with Gasteiger partial charge in [-0.15, -0.1) is 0 Å². The largest absolute Gasteiger partial charge is 0.514 e. The molecule has 4 atom stereocenters. The molecule has 3 unspecified atom stereocenters. The van der Waals surface area contributed by atoms with E-state index in [2.05, 4.69) is 5.32 Å². The van der Waals surface area contributed by atoms with Gasteiger partial charge in [0.05, 0.1) is 0 Å². The van der Waals surface area contributed by atoms with Crippen LogP contribution >= 0.6 is 0 Å². The van der Waals surface area contributed by atoms with E-state index in [1.165, 1.54) is 18.2 Å². The first-order valence-corrected chi connectivity index (χ1v) is 14.9. The third-order valence-electron chi connectivity index (χ3n) is 6.74. The Hall–Kier alpha value is -3.54. The average molecular weight is 612 g/mol. The Labute approximate surface area is 254 Å². The predicted molar refractivity (Wildman–Crippen MR) is 158 cm³/mol. The van der Waals surface area contributed by atoms with Crippen molar-refractivity contribution in [1.29, 1.82) is 0 Å². The maximum absolute atomic E-state index is 12.8. The lowest BCUT2D eigenvalue weighted by Crippen LogP contribution is -2.60. The summed E-state index contributed by atoms with van der Waals surface area (Å²) in [6.45, 7) is 16.1. The van der Waals surface area contributed by atoms with E-state index in [0.29, 0.717) is 25.7 Å². The van der Waals surface area contributed by atoms with Crippen LogP contribution in [0, 0.1) is 0 Å². The van der Waals surface area contributed by atoms with Crippen molar-refractivity contribution in [2.45, 2.75) is 137 Å². The Morgan fingerprint density at radius 2 is 1.35 bits per heavy atom. The molecule has 0 spiro atoms. The highest BCUT2D eigenvalue weighted by Gasteiger charge is 2.45. The molecule has 2 N–H and O–H groups in total. The van der Waals surface area contributed by atoms with Crippen molar-refractivity contribution in [3.05, 3.63) is 23.8 Å². The molecule has 0 radical (unpaired) electrons. The van der Waals surface area contributed by atoms with Crippen LogP contribution in [-0.4, -0.2) is 59.1 Å². The van der Waals surface area contributed by atoms with E-state index in [1.54, 1.807) is 34.6 Å². The van der Waals surface area contributed by atoms with Gasteiger partial charge >= 0.3 is 24.4 Å². The summed E-state index contributed by atoms with van der Waals surface area (Å²) in [6, 6.07) is 3.71. The molecule has 43 heavy (non-hydrogen) atoms. The highest BCUT2D eigenvalue weighted by atomic mass is 16.8. The van der Waals surface area contributed by atoms with Crippen LogP contribution in [0.15, 0.2) is 18.2 Å². The first-order chi connectivity index (χ1) is 20.1. The predicted octanol–water partition coefficient (Wildman–Crippen LogP) is 7.15. The fraction of sp³-hybridized carbons (Fsp3) is 0.677. The highest BCUT2D eigenvalue weighted by Crippen LogP contribution is 2.32. The molecule has 0 saturated heterocycles. The van der Waals surface area contributed by atoms with E-state index in [4.69, 9.17) is 28.4 Å². The number of hydrogen-bond donors (Lipinski definition) is 2. The first kappa shape index (κ1) is 37.5. The van der Waals surface area contributed by atoms with Gasteiger partial charge in [-0.25, -0.2) is 19.2 Å². The molecule has 244 valence electrons. The van der Waals surface area contributed by atoms with Crippen LogP contribution < -0.4 is 14.8 Å². The maximum atomic E-state index is 12.8. The average Bonchev–Trinajstić information content (AvgIpc) is 2.89. The van der Waals surface area contributed by atoms with Crippen molar-refractivity contribution in [2.24, 2.45) is 0 Å². The summed E-state index contributed by atoms with van der Waals surface area (Å²) in [5.41, 5.74) is -2.87. The van der Waals surface area contributed by atoms with Crippen LogP contribution in [0.1, 0.15) is 106 Å². The normalized spacial score (nSPS) is 14.8. The molecule has 0 aromatic heterocycles. The number of carboxylic acids is 1. The topological polar surface area (TPSA) is 156 Å². The molecule has 0 bridgehead atoms. The molecule has 0 aliphatic carbocycles. The van der Waals surface area contributed by atoms with Crippen LogP contribution in [0.5, 0.6) is 11.5 Å². The van der Waals surface area contributed by atoms with E-state index in [1.807, 2.05) is 27.7 Å². The molecule has 0 aliphatic rings. The standard InChI is InChI=1S/C31H49NO11/c1-10-14-21(6)38-27(35)40-24-17-16-23(18-25(24)41-28(36)39-22(7)15-11-2)19-31(26(33)34,32-20(5)12-3)43-29(37)42-30(8,9)13-4/h16-18,20-22,32H,10-15,19H2,1-9H3,(H,33,34)/t20?,21?,22?,31-/m0/s1. The van der Waals surface area contributed by atoms with Gasteiger partial charge in [-0.2, -0.15) is 0 Å². The molecule has 0 heterocycles. The minimum atomic E-state index is -2.25. The second-order valence-electron chi connectivity index (χ2n) is 11.2. The molecule has 0 saturated carbocycles. The van der Waals surface area contributed by atoms with Gasteiger partial charge in [-0.05, 0) is 78.0 Å². The minimum Gasteiger partial charge on any atom is -0.477 e. The van der Waals surface area contributed by atoms with Crippen LogP contribution in [0.2, 0.25) is 0 Å². The van der Waals surface area contributed by atoms with Crippen molar-refractivity contribution in [3.63, 3.8) is 0 Å². The SMILES string of the molecule is CCCC(C)OC(=O)Oc1ccc(C[C@](NC(C)CC)(OC(=O)OC(C)(C)CC)C(=O)O)cc1OC(=O)OC(C)CCC. The number of aliphatic carboxylic acids is 1. The Kier molecular flexibility index (Phi) is 15.3. The summed E-state index contributed by atoms with van der Waals surface area (Å²) in [4.78, 5) is 50.5. The number of carbonyl (C=O) groups excluding carboxylic acids is 3. The second kappa shape index (κ2) is 17.5. The van der Waals surface area contributed by atoms with Crippen molar-refractivity contribution in [2.75, 3.05) is 0 Å². The lowest BCUT2D eigenvalue weighted by Gasteiger charge is -2.34. The van der Waals surface area contributed by atoms with Crippen molar-refractivity contribution < 1.29 is 52.7 Å². The number of benzene rings is 1. The summed E-state index contributed by atoms with van der Waals surface area (Å²) in [5.74, 6) is -1.84. The van der Waals surface area contributed by atoms with Crippen molar-refractivity contribution >= 4 is 24.4 Å². The zero-order valence-corrected chi connectivity index (χ0v) is 26.9. The van der Waals surface area contributed by atoms with Gasteiger partial charge in [0.2, 0.25) is 0 Å². The summed E-state index contributed by atoms with van der Waals surface area (Å²) in [6.07, 6.45) is -0.668. The van der Waals surface area contributed by atoms with Gasteiger partial charge in [0, 0.05) is 12.5 Å². The van der Waals surface area contributed by atoms with Crippen LogP contribution in [0.3, 0.4) is 0 Å². The fourth-order valence-electron chi connectivity index (χ4n) is 3.86. The Morgan fingerprint density at radius 3 is 1.81 bits per heavy atom. The lowest BCUT2D eigenvalue weighted by atomic mass is 10.00. The third-order valence-corrected chi connectivity index (χ3v) is 6.74. The van der Waals surface area contributed by atoms with E-state index in [-0.39, 0.29) is 23.1 Å². The fourth-order valence-corrected chi connectivity index (χ4v) is 3.86. The van der Waals surface area contributed by atoms with Gasteiger partial charge in [-0.3, -0.25) is 5.32 Å². The van der Waals surface area contributed by atoms with E-state index in [9.17, 15) is 24.3 Å². The van der Waals surface area contributed by atoms with Gasteiger partial charge < -0.3 is 33.5 Å². The lowest BCUT2D eigenvalue weighted by molar-refractivity contribution is -0.169. The molecule has 1 rings (SSSR count).